The highest BCUT2D eigenvalue weighted by Crippen LogP contribution is 2.30. The van der Waals surface area contributed by atoms with E-state index < -0.39 is 0 Å². The SMILES string of the molecule is CNc1c(Cl)ncnc1N1CCN(c2nc(C)ns2)CC1. The molecule has 1 aliphatic rings. The minimum Gasteiger partial charge on any atom is -0.383 e. The van der Waals surface area contributed by atoms with Crippen molar-refractivity contribution in [1.29, 1.82) is 0 Å². The molecule has 9 heteroatoms. The highest BCUT2D eigenvalue weighted by atomic mass is 35.5. The van der Waals surface area contributed by atoms with Gasteiger partial charge in [-0.1, -0.05) is 11.6 Å². The Balaban J connectivity index is 1.73. The maximum absolute atomic E-state index is 6.11. The highest BCUT2D eigenvalue weighted by Gasteiger charge is 2.23. The zero-order valence-corrected chi connectivity index (χ0v) is 13.4. The molecule has 7 nitrogen and oxygen atoms in total. The van der Waals surface area contributed by atoms with Gasteiger partial charge in [-0.3, -0.25) is 0 Å². The molecule has 0 bridgehead atoms. The van der Waals surface area contributed by atoms with E-state index >= 15 is 0 Å². The van der Waals surface area contributed by atoms with Crippen LogP contribution in [0.25, 0.3) is 0 Å². The fourth-order valence-electron chi connectivity index (χ4n) is 2.33. The molecule has 0 aromatic carbocycles. The summed E-state index contributed by atoms with van der Waals surface area (Å²) in [5, 5.41) is 4.51. The second-order valence-corrected chi connectivity index (χ2v) is 5.80. The van der Waals surface area contributed by atoms with Crippen LogP contribution in [0.1, 0.15) is 5.82 Å². The summed E-state index contributed by atoms with van der Waals surface area (Å²) in [6.07, 6.45) is 1.50. The first-order valence-corrected chi connectivity index (χ1v) is 7.82. The summed E-state index contributed by atoms with van der Waals surface area (Å²) in [4.78, 5) is 17.3. The van der Waals surface area contributed by atoms with E-state index in [0.717, 1.165) is 48.6 Å². The third-order valence-electron chi connectivity index (χ3n) is 3.40. The van der Waals surface area contributed by atoms with Gasteiger partial charge in [0.2, 0.25) is 5.13 Å². The molecule has 21 heavy (non-hydrogen) atoms. The van der Waals surface area contributed by atoms with Crippen LogP contribution in [0.2, 0.25) is 5.15 Å². The van der Waals surface area contributed by atoms with Crippen molar-refractivity contribution < 1.29 is 0 Å². The Hall–Kier alpha value is -1.67. The molecule has 0 radical (unpaired) electrons. The monoisotopic (exact) mass is 325 g/mol. The second kappa shape index (κ2) is 5.98. The Morgan fingerprint density at radius 1 is 1.19 bits per heavy atom. The van der Waals surface area contributed by atoms with Gasteiger partial charge >= 0.3 is 0 Å². The zero-order chi connectivity index (χ0) is 14.8. The average Bonchev–Trinajstić information content (AvgIpc) is 2.94. The number of aryl methyl sites for hydroxylation is 1. The van der Waals surface area contributed by atoms with Crippen LogP contribution in [-0.2, 0) is 0 Å². The molecule has 1 aliphatic heterocycles. The van der Waals surface area contributed by atoms with E-state index in [4.69, 9.17) is 11.6 Å². The van der Waals surface area contributed by atoms with Crippen molar-refractivity contribution in [3.8, 4) is 0 Å². The molecular weight excluding hydrogens is 310 g/mol. The predicted molar refractivity (Wildman–Crippen MR) is 85.7 cm³/mol. The van der Waals surface area contributed by atoms with Gasteiger partial charge in [0.15, 0.2) is 11.0 Å². The molecule has 1 fully saturated rings. The first-order valence-electron chi connectivity index (χ1n) is 6.67. The standard InChI is InChI=1S/C12H16ClN7S/c1-8-17-12(21-18-8)20-5-3-19(4-6-20)11-9(14-2)10(13)15-7-16-11/h7,14H,3-6H2,1-2H3. The Morgan fingerprint density at radius 3 is 2.52 bits per heavy atom. The number of nitrogens with zero attached hydrogens (tertiary/aromatic N) is 6. The molecule has 0 saturated carbocycles. The van der Waals surface area contributed by atoms with Gasteiger partial charge in [0, 0.05) is 44.8 Å². The molecule has 0 atom stereocenters. The van der Waals surface area contributed by atoms with Crippen molar-refractivity contribution in [3.63, 3.8) is 0 Å². The quantitative estimate of drug-likeness (QED) is 0.860. The van der Waals surface area contributed by atoms with E-state index in [1.165, 1.54) is 17.9 Å². The maximum Gasteiger partial charge on any atom is 0.205 e. The summed E-state index contributed by atoms with van der Waals surface area (Å²) in [6.45, 7) is 5.42. The first kappa shape index (κ1) is 14.3. The minimum atomic E-state index is 0.449. The van der Waals surface area contributed by atoms with E-state index in [1.54, 1.807) is 0 Å². The number of aromatic nitrogens is 4. The summed E-state index contributed by atoms with van der Waals surface area (Å²) in [7, 11) is 1.83. The number of nitrogens with one attached hydrogen (secondary N) is 1. The van der Waals surface area contributed by atoms with Crippen molar-refractivity contribution in [2.24, 2.45) is 0 Å². The molecule has 3 heterocycles. The Morgan fingerprint density at radius 2 is 1.90 bits per heavy atom. The number of rotatable bonds is 3. The van der Waals surface area contributed by atoms with Gasteiger partial charge in [0.25, 0.3) is 0 Å². The summed E-state index contributed by atoms with van der Waals surface area (Å²) >= 11 is 7.56. The van der Waals surface area contributed by atoms with Crippen molar-refractivity contribution in [1.82, 2.24) is 19.3 Å². The maximum atomic E-state index is 6.11. The van der Waals surface area contributed by atoms with Gasteiger partial charge in [0.1, 0.15) is 17.8 Å². The van der Waals surface area contributed by atoms with Crippen LogP contribution in [0.4, 0.5) is 16.6 Å². The van der Waals surface area contributed by atoms with Crippen molar-refractivity contribution in [3.05, 3.63) is 17.3 Å². The lowest BCUT2D eigenvalue weighted by atomic mass is 10.3. The molecule has 0 aliphatic carbocycles. The fraction of sp³-hybridized carbons (Fsp3) is 0.500. The van der Waals surface area contributed by atoms with Crippen molar-refractivity contribution in [2.45, 2.75) is 6.92 Å². The van der Waals surface area contributed by atoms with Crippen LogP contribution in [0.15, 0.2) is 6.33 Å². The summed E-state index contributed by atoms with van der Waals surface area (Å²) in [5.41, 5.74) is 0.777. The fourth-order valence-corrected chi connectivity index (χ4v) is 3.28. The minimum absolute atomic E-state index is 0.449. The Bertz CT molecular complexity index is 624. The number of hydrogen-bond donors (Lipinski definition) is 1. The Labute approximate surface area is 132 Å². The number of hydrogen-bond acceptors (Lipinski definition) is 8. The van der Waals surface area contributed by atoms with Gasteiger partial charge < -0.3 is 15.1 Å². The van der Waals surface area contributed by atoms with E-state index in [1.807, 2.05) is 14.0 Å². The lowest BCUT2D eigenvalue weighted by Crippen LogP contribution is -2.47. The molecule has 2 aromatic rings. The number of halogens is 1. The van der Waals surface area contributed by atoms with Crippen molar-refractivity contribution in [2.75, 3.05) is 48.3 Å². The molecule has 1 saturated heterocycles. The lowest BCUT2D eigenvalue weighted by Gasteiger charge is -2.35. The third-order valence-corrected chi connectivity index (χ3v) is 4.55. The predicted octanol–water partition coefficient (Wildman–Crippen LogP) is 1.66. The third kappa shape index (κ3) is 2.86. The molecule has 2 aromatic heterocycles. The van der Waals surface area contributed by atoms with E-state index in [9.17, 15) is 0 Å². The molecule has 0 spiro atoms. The van der Waals surface area contributed by atoms with Gasteiger partial charge in [-0.15, -0.1) is 0 Å². The topological polar surface area (TPSA) is 70.1 Å². The van der Waals surface area contributed by atoms with E-state index in [0.29, 0.717) is 5.15 Å². The van der Waals surface area contributed by atoms with Crippen LogP contribution in [0.5, 0.6) is 0 Å². The van der Waals surface area contributed by atoms with Gasteiger partial charge in [-0.25, -0.2) is 15.0 Å². The summed E-state index contributed by atoms with van der Waals surface area (Å²) in [5.74, 6) is 1.68. The molecule has 0 unspecified atom stereocenters. The largest absolute Gasteiger partial charge is 0.383 e. The second-order valence-electron chi connectivity index (χ2n) is 4.71. The van der Waals surface area contributed by atoms with Crippen molar-refractivity contribution >= 4 is 39.8 Å². The van der Waals surface area contributed by atoms with Crippen LogP contribution >= 0.6 is 23.1 Å². The summed E-state index contributed by atoms with van der Waals surface area (Å²) in [6, 6.07) is 0. The molecule has 3 rings (SSSR count). The van der Waals surface area contributed by atoms with E-state index in [-0.39, 0.29) is 0 Å². The molecule has 1 N–H and O–H groups in total. The van der Waals surface area contributed by atoms with Crippen LogP contribution in [0, 0.1) is 6.92 Å². The van der Waals surface area contributed by atoms with Gasteiger partial charge in [0.05, 0.1) is 0 Å². The molecular formula is C12H16ClN7S. The molecule has 0 amide bonds. The number of piperazine rings is 1. The number of anilines is 3. The van der Waals surface area contributed by atoms with Crippen LogP contribution < -0.4 is 15.1 Å². The smallest absolute Gasteiger partial charge is 0.205 e. The molecule has 112 valence electrons. The Kier molecular flexibility index (Phi) is 4.07. The van der Waals surface area contributed by atoms with E-state index in [2.05, 4.69) is 34.4 Å². The average molecular weight is 326 g/mol. The van der Waals surface area contributed by atoms with Gasteiger partial charge in [-0.2, -0.15) is 4.37 Å². The lowest BCUT2D eigenvalue weighted by molar-refractivity contribution is 0.645. The zero-order valence-electron chi connectivity index (χ0n) is 11.9. The summed E-state index contributed by atoms with van der Waals surface area (Å²) < 4.78 is 4.24. The normalized spacial score (nSPS) is 15.4. The van der Waals surface area contributed by atoms with Crippen LogP contribution in [0.3, 0.4) is 0 Å². The van der Waals surface area contributed by atoms with Gasteiger partial charge in [-0.05, 0) is 6.92 Å². The van der Waals surface area contributed by atoms with Crippen LogP contribution in [-0.4, -0.2) is 52.6 Å². The highest BCUT2D eigenvalue weighted by molar-refractivity contribution is 7.09. The first-order chi connectivity index (χ1) is 10.2.